The van der Waals surface area contributed by atoms with Crippen LogP contribution in [0.1, 0.15) is 19.8 Å². The second-order valence-electron chi connectivity index (χ2n) is 3.26. The van der Waals surface area contributed by atoms with Gasteiger partial charge in [-0.3, -0.25) is 5.21 Å². The molecule has 0 aliphatic carbocycles. The van der Waals surface area contributed by atoms with E-state index in [2.05, 4.69) is 0 Å². The quantitative estimate of drug-likeness (QED) is 0.500. The number of nitrogens with zero attached hydrogens (tertiary/aromatic N) is 1. The zero-order chi connectivity index (χ0) is 12.0. The maximum atomic E-state index is 11.3. The van der Waals surface area contributed by atoms with Crippen LogP contribution in [0, 0.1) is 0 Å². The van der Waals surface area contributed by atoms with E-state index in [4.69, 9.17) is 16.3 Å². The maximum absolute atomic E-state index is 11.3. The van der Waals surface area contributed by atoms with Crippen LogP contribution in [0.3, 0.4) is 0 Å². The van der Waals surface area contributed by atoms with Gasteiger partial charge in [-0.2, -0.15) is 5.06 Å². The van der Waals surface area contributed by atoms with E-state index in [0.717, 1.165) is 12.8 Å². The van der Waals surface area contributed by atoms with Crippen molar-refractivity contribution in [3.05, 3.63) is 29.3 Å². The minimum atomic E-state index is -0.782. The van der Waals surface area contributed by atoms with Gasteiger partial charge < -0.3 is 4.74 Å². The minimum absolute atomic E-state index is 0.306. The van der Waals surface area contributed by atoms with Gasteiger partial charge in [0.15, 0.2) is 0 Å². The molecular weight excluding hydrogens is 230 g/mol. The smallest absolute Gasteiger partial charge is 0.438 e. The van der Waals surface area contributed by atoms with E-state index in [1.807, 2.05) is 6.92 Å². The highest BCUT2D eigenvalue weighted by molar-refractivity contribution is 6.30. The molecule has 1 aromatic rings. The van der Waals surface area contributed by atoms with Crippen molar-refractivity contribution in [2.45, 2.75) is 19.8 Å². The highest BCUT2D eigenvalue weighted by Crippen LogP contribution is 2.17. The highest BCUT2D eigenvalue weighted by atomic mass is 35.5. The summed E-state index contributed by atoms with van der Waals surface area (Å²) in [6.45, 7) is 2.30. The molecule has 0 heterocycles. The lowest BCUT2D eigenvalue weighted by Crippen LogP contribution is -2.28. The molecule has 88 valence electrons. The molecule has 0 unspecified atom stereocenters. The van der Waals surface area contributed by atoms with Crippen molar-refractivity contribution in [3.63, 3.8) is 0 Å². The number of rotatable bonds is 4. The summed E-state index contributed by atoms with van der Waals surface area (Å²) in [4.78, 5) is 11.3. The average molecular weight is 244 g/mol. The summed E-state index contributed by atoms with van der Waals surface area (Å²) in [5.41, 5.74) is 0.325. The lowest BCUT2D eigenvalue weighted by molar-refractivity contribution is 0.119. The highest BCUT2D eigenvalue weighted by Gasteiger charge is 2.13. The van der Waals surface area contributed by atoms with Gasteiger partial charge in [-0.1, -0.05) is 24.9 Å². The van der Waals surface area contributed by atoms with E-state index in [1.165, 1.54) is 12.1 Å². The van der Waals surface area contributed by atoms with Gasteiger partial charge in [0.2, 0.25) is 0 Å². The molecule has 4 nitrogen and oxygen atoms in total. The number of halogens is 1. The van der Waals surface area contributed by atoms with E-state index in [9.17, 15) is 10.0 Å². The lowest BCUT2D eigenvalue weighted by Gasteiger charge is -2.14. The molecule has 0 bridgehead atoms. The Morgan fingerprint density at radius 3 is 2.62 bits per heavy atom. The predicted octanol–water partition coefficient (Wildman–Crippen LogP) is 3.47. The molecule has 0 fully saturated rings. The van der Waals surface area contributed by atoms with Crippen molar-refractivity contribution >= 4 is 23.4 Å². The van der Waals surface area contributed by atoms with Gasteiger partial charge >= 0.3 is 6.09 Å². The first-order valence-corrected chi connectivity index (χ1v) is 5.44. The number of hydroxylamine groups is 1. The number of hydrogen-bond acceptors (Lipinski definition) is 3. The third kappa shape index (κ3) is 3.72. The molecule has 0 spiro atoms. The second-order valence-corrected chi connectivity index (χ2v) is 3.69. The van der Waals surface area contributed by atoms with E-state index in [0.29, 0.717) is 22.4 Å². The monoisotopic (exact) mass is 243 g/mol. The molecule has 1 aromatic carbocycles. The molecule has 0 aliphatic heterocycles. The van der Waals surface area contributed by atoms with Crippen LogP contribution < -0.4 is 5.06 Å². The Hall–Kier alpha value is -1.26. The van der Waals surface area contributed by atoms with Crippen LogP contribution >= 0.6 is 11.6 Å². The van der Waals surface area contributed by atoms with Gasteiger partial charge in [0.1, 0.15) is 0 Å². The molecule has 0 aromatic heterocycles. The van der Waals surface area contributed by atoms with Crippen molar-refractivity contribution in [1.29, 1.82) is 0 Å². The SMILES string of the molecule is CCCCOC(=O)N(O)c1ccc(Cl)cc1. The molecular formula is C11H14ClNO3. The molecule has 1 rings (SSSR count). The number of benzene rings is 1. The van der Waals surface area contributed by atoms with Crippen LogP contribution in [-0.4, -0.2) is 17.9 Å². The average Bonchev–Trinajstić information content (AvgIpc) is 2.29. The summed E-state index contributed by atoms with van der Waals surface area (Å²) in [6, 6.07) is 6.23. The van der Waals surface area contributed by atoms with Crippen LogP contribution in [0.25, 0.3) is 0 Å². The zero-order valence-electron chi connectivity index (χ0n) is 9.02. The fourth-order valence-corrected chi connectivity index (χ4v) is 1.18. The minimum Gasteiger partial charge on any atom is -0.448 e. The van der Waals surface area contributed by atoms with Crippen molar-refractivity contribution < 1.29 is 14.7 Å². The van der Waals surface area contributed by atoms with Gasteiger partial charge in [0.05, 0.1) is 12.3 Å². The van der Waals surface area contributed by atoms with Crippen molar-refractivity contribution in [1.82, 2.24) is 0 Å². The molecule has 5 heteroatoms. The van der Waals surface area contributed by atoms with E-state index < -0.39 is 6.09 Å². The van der Waals surface area contributed by atoms with Crippen molar-refractivity contribution in [2.24, 2.45) is 0 Å². The molecule has 0 radical (unpaired) electrons. The Morgan fingerprint density at radius 2 is 2.06 bits per heavy atom. The Balaban J connectivity index is 2.53. The molecule has 1 N–H and O–H groups in total. The van der Waals surface area contributed by atoms with Gasteiger partial charge in [-0.05, 0) is 30.7 Å². The normalized spacial score (nSPS) is 9.94. The Bertz CT molecular complexity index is 340. The summed E-state index contributed by atoms with van der Waals surface area (Å²) in [6.07, 6.45) is 0.926. The number of unbranched alkanes of at least 4 members (excludes halogenated alkanes) is 1. The second kappa shape index (κ2) is 6.35. The first-order chi connectivity index (χ1) is 7.65. The van der Waals surface area contributed by atoms with E-state index in [1.54, 1.807) is 12.1 Å². The van der Waals surface area contributed by atoms with Crippen LogP contribution in [0.15, 0.2) is 24.3 Å². The van der Waals surface area contributed by atoms with E-state index >= 15 is 0 Å². The standard InChI is InChI=1S/C11H14ClNO3/c1-2-3-8-16-11(14)13(15)10-6-4-9(12)5-7-10/h4-7,15H,2-3,8H2,1H3. The molecule has 1 amide bonds. The number of carbonyl (C=O) groups is 1. The Kier molecular flexibility index (Phi) is 5.08. The molecule has 16 heavy (non-hydrogen) atoms. The summed E-state index contributed by atoms with van der Waals surface area (Å²) >= 11 is 5.68. The summed E-state index contributed by atoms with van der Waals surface area (Å²) in [5.74, 6) is 0. The maximum Gasteiger partial charge on any atom is 0.438 e. The van der Waals surface area contributed by atoms with Gasteiger partial charge in [0.25, 0.3) is 0 Å². The largest absolute Gasteiger partial charge is 0.448 e. The summed E-state index contributed by atoms with van der Waals surface area (Å²) in [7, 11) is 0. The number of amides is 1. The van der Waals surface area contributed by atoms with Crippen LogP contribution in [0.2, 0.25) is 5.02 Å². The topological polar surface area (TPSA) is 49.8 Å². The van der Waals surface area contributed by atoms with Gasteiger partial charge in [0, 0.05) is 5.02 Å². The third-order valence-corrected chi connectivity index (χ3v) is 2.22. The van der Waals surface area contributed by atoms with Crippen LogP contribution in [0.5, 0.6) is 0 Å². The van der Waals surface area contributed by atoms with Crippen molar-refractivity contribution in [2.75, 3.05) is 11.7 Å². The fraction of sp³-hybridized carbons (Fsp3) is 0.364. The third-order valence-electron chi connectivity index (χ3n) is 1.97. The first-order valence-electron chi connectivity index (χ1n) is 5.06. The first kappa shape index (κ1) is 12.8. The van der Waals surface area contributed by atoms with E-state index in [-0.39, 0.29) is 0 Å². The fourth-order valence-electron chi connectivity index (χ4n) is 1.05. The number of anilines is 1. The summed E-state index contributed by atoms with van der Waals surface area (Å²) in [5, 5.41) is 10.5. The molecule has 0 saturated carbocycles. The van der Waals surface area contributed by atoms with Gasteiger partial charge in [-0.15, -0.1) is 0 Å². The van der Waals surface area contributed by atoms with Crippen LogP contribution in [-0.2, 0) is 4.74 Å². The number of hydrogen-bond donors (Lipinski definition) is 1. The molecule has 0 atom stereocenters. The lowest BCUT2D eigenvalue weighted by atomic mass is 10.3. The number of carbonyl (C=O) groups excluding carboxylic acids is 1. The molecule has 0 aliphatic rings. The van der Waals surface area contributed by atoms with Crippen LogP contribution in [0.4, 0.5) is 10.5 Å². The number of ether oxygens (including phenoxy) is 1. The Labute approximate surface area is 99.3 Å². The van der Waals surface area contributed by atoms with Gasteiger partial charge in [-0.25, -0.2) is 4.79 Å². The predicted molar refractivity (Wildman–Crippen MR) is 62.0 cm³/mol. The summed E-state index contributed by atoms with van der Waals surface area (Å²) < 4.78 is 4.83. The Morgan fingerprint density at radius 1 is 1.44 bits per heavy atom. The van der Waals surface area contributed by atoms with Crippen molar-refractivity contribution in [3.8, 4) is 0 Å². The molecule has 0 saturated heterocycles. The zero-order valence-corrected chi connectivity index (χ0v) is 9.78.